The SMILES string of the molecule is CN(C)CCNc1cc(F)cc(-c2cccc3[nH]c(-c4[nH]nc5ncc(-c6cnn(C)c6)cc45)cc23)c1. The van der Waals surface area contributed by atoms with Gasteiger partial charge in [-0.05, 0) is 61.6 Å². The van der Waals surface area contributed by atoms with E-state index in [0.717, 1.165) is 68.7 Å². The van der Waals surface area contributed by atoms with Crippen molar-refractivity contribution in [1.29, 1.82) is 0 Å². The third kappa shape index (κ3) is 4.45. The fourth-order valence-corrected chi connectivity index (χ4v) is 4.65. The van der Waals surface area contributed by atoms with Crippen LogP contribution in [0, 0.1) is 5.82 Å². The summed E-state index contributed by atoms with van der Waals surface area (Å²) in [5, 5.41) is 17.1. The van der Waals surface area contributed by atoms with Crippen LogP contribution in [0.15, 0.2) is 67.1 Å². The molecule has 0 aliphatic rings. The lowest BCUT2D eigenvalue weighted by Gasteiger charge is -2.13. The van der Waals surface area contributed by atoms with E-state index in [2.05, 4.69) is 47.6 Å². The van der Waals surface area contributed by atoms with Crippen LogP contribution in [0.1, 0.15) is 0 Å². The number of aromatic amines is 2. The van der Waals surface area contributed by atoms with Crippen molar-refractivity contribution < 1.29 is 4.39 Å². The highest BCUT2D eigenvalue weighted by molar-refractivity contribution is 6.01. The molecular weight excluding hydrogens is 467 g/mol. The van der Waals surface area contributed by atoms with Gasteiger partial charge in [-0.25, -0.2) is 9.37 Å². The summed E-state index contributed by atoms with van der Waals surface area (Å²) in [5.74, 6) is -0.272. The lowest BCUT2D eigenvalue weighted by Crippen LogP contribution is -2.20. The highest BCUT2D eigenvalue weighted by Gasteiger charge is 2.15. The van der Waals surface area contributed by atoms with Crippen LogP contribution in [0.3, 0.4) is 0 Å². The molecule has 3 N–H and O–H groups in total. The van der Waals surface area contributed by atoms with Crippen LogP contribution in [0.2, 0.25) is 0 Å². The smallest absolute Gasteiger partial charge is 0.181 e. The van der Waals surface area contributed by atoms with Crippen LogP contribution in [0.5, 0.6) is 0 Å². The lowest BCUT2D eigenvalue weighted by molar-refractivity contribution is 0.425. The Morgan fingerprint density at radius 3 is 2.70 bits per heavy atom. The number of hydrogen-bond donors (Lipinski definition) is 3. The van der Waals surface area contributed by atoms with E-state index in [9.17, 15) is 4.39 Å². The minimum atomic E-state index is -0.272. The Balaban J connectivity index is 1.40. The van der Waals surface area contributed by atoms with Crippen LogP contribution >= 0.6 is 0 Å². The van der Waals surface area contributed by atoms with Gasteiger partial charge >= 0.3 is 0 Å². The number of fused-ring (bicyclic) bond motifs is 2. The number of aryl methyl sites for hydroxylation is 1. The van der Waals surface area contributed by atoms with Gasteiger partial charge in [-0.15, -0.1) is 0 Å². The number of likely N-dealkylation sites (N-methyl/N-ethyl adjacent to an activating group) is 1. The van der Waals surface area contributed by atoms with Crippen molar-refractivity contribution in [1.82, 2.24) is 34.8 Å². The monoisotopic (exact) mass is 494 g/mol. The number of nitrogens with one attached hydrogen (secondary N) is 3. The van der Waals surface area contributed by atoms with E-state index >= 15 is 0 Å². The molecule has 0 unspecified atom stereocenters. The van der Waals surface area contributed by atoms with Crippen molar-refractivity contribution in [2.24, 2.45) is 7.05 Å². The maximum Gasteiger partial charge on any atom is 0.181 e. The first-order valence-electron chi connectivity index (χ1n) is 12.1. The second-order valence-electron chi connectivity index (χ2n) is 9.50. The standard InChI is InChI=1S/C28H27FN8/c1-36(2)8-7-30-21-10-17(9-20(29)12-21)22-5-4-6-25-23(22)13-26(33-25)27-24-11-18(14-31-28(24)35-34-27)19-15-32-37(3)16-19/h4-6,9-16,30,33H,7-8H2,1-3H3,(H,31,34,35). The van der Waals surface area contributed by atoms with Crippen molar-refractivity contribution in [3.8, 4) is 33.6 Å². The summed E-state index contributed by atoms with van der Waals surface area (Å²) in [6, 6.07) is 15.3. The zero-order valence-electron chi connectivity index (χ0n) is 20.9. The first kappa shape index (κ1) is 22.9. The van der Waals surface area contributed by atoms with E-state index in [1.54, 1.807) is 16.9 Å². The van der Waals surface area contributed by atoms with Gasteiger partial charge in [0.05, 0.1) is 17.6 Å². The van der Waals surface area contributed by atoms with Crippen LogP contribution in [0.4, 0.5) is 10.1 Å². The van der Waals surface area contributed by atoms with Crippen molar-refractivity contribution in [2.75, 3.05) is 32.5 Å². The Morgan fingerprint density at radius 2 is 1.89 bits per heavy atom. The third-order valence-electron chi connectivity index (χ3n) is 6.48. The van der Waals surface area contributed by atoms with Gasteiger partial charge < -0.3 is 15.2 Å². The summed E-state index contributed by atoms with van der Waals surface area (Å²) in [6.45, 7) is 1.59. The normalized spacial score (nSPS) is 11.7. The molecule has 0 atom stereocenters. The third-order valence-corrected chi connectivity index (χ3v) is 6.48. The number of hydrogen-bond acceptors (Lipinski definition) is 5. The molecule has 0 aliphatic heterocycles. The van der Waals surface area contributed by atoms with Gasteiger partial charge in [0.25, 0.3) is 0 Å². The molecule has 0 aliphatic carbocycles. The van der Waals surface area contributed by atoms with Crippen LogP contribution < -0.4 is 5.32 Å². The van der Waals surface area contributed by atoms with Crippen LogP contribution in [-0.2, 0) is 7.05 Å². The predicted molar refractivity (Wildman–Crippen MR) is 146 cm³/mol. The van der Waals surface area contributed by atoms with Gasteiger partial charge in [0.1, 0.15) is 5.82 Å². The zero-order chi connectivity index (χ0) is 25.5. The molecule has 0 amide bonds. The van der Waals surface area contributed by atoms with Crippen molar-refractivity contribution in [2.45, 2.75) is 0 Å². The Labute approximate surface area is 213 Å². The average molecular weight is 495 g/mol. The molecule has 0 fully saturated rings. The molecule has 0 saturated heterocycles. The second-order valence-corrected chi connectivity index (χ2v) is 9.50. The van der Waals surface area contributed by atoms with Crippen molar-refractivity contribution >= 4 is 27.6 Å². The number of H-pyrrole nitrogens is 2. The second kappa shape index (κ2) is 9.18. The number of aromatic nitrogens is 6. The Kier molecular flexibility index (Phi) is 5.69. The number of nitrogens with zero attached hydrogens (tertiary/aromatic N) is 5. The molecular formula is C28H27FN8. The van der Waals surface area contributed by atoms with Crippen molar-refractivity contribution in [3.63, 3.8) is 0 Å². The van der Waals surface area contributed by atoms with E-state index in [1.165, 1.54) is 6.07 Å². The maximum atomic E-state index is 14.6. The van der Waals surface area contributed by atoms with Gasteiger partial charge in [-0.1, -0.05) is 12.1 Å². The minimum Gasteiger partial charge on any atom is -0.384 e. The Morgan fingerprint density at radius 1 is 1.00 bits per heavy atom. The molecule has 0 spiro atoms. The molecule has 9 heteroatoms. The quantitative estimate of drug-likeness (QED) is 0.281. The molecule has 0 radical (unpaired) electrons. The fourth-order valence-electron chi connectivity index (χ4n) is 4.65. The Bertz CT molecular complexity index is 1730. The molecule has 186 valence electrons. The van der Waals surface area contributed by atoms with Gasteiger partial charge in [0, 0.05) is 65.6 Å². The predicted octanol–water partition coefficient (Wildman–Crippen LogP) is 5.29. The van der Waals surface area contributed by atoms with Gasteiger partial charge in [0.15, 0.2) is 5.65 Å². The van der Waals surface area contributed by atoms with E-state index in [-0.39, 0.29) is 5.82 Å². The minimum absolute atomic E-state index is 0.272. The number of anilines is 1. The lowest BCUT2D eigenvalue weighted by atomic mass is 10.0. The summed E-state index contributed by atoms with van der Waals surface area (Å²) < 4.78 is 16.4. The summed E-state index contributed by atoms with van der Waals surface area (Å²) in [7, 11) is 5.92. The maximum absolute atomic E-state index is 14.6. The number of pyridine rings is 1. The largest absolute Gasteiger partial charge is 0.384 e. The molecule has 4 heterocycles. The van der Waals surface area contributed by atoms with Crippen molar-refractivity contribution in [3.05, 3.63) is 72.9 Å². The van der Waals surface area contributed by atoms with E-state index < -0.39 is 0 Å². The van der Waals surface area contributed by atoms with Gasteiger partial charge in [-0.3, -0.25) is 9.78 Å². The van der Waals surface area contributed by atoms with Crippen LogP contribution in [0.25, 0.3) is 55.6 Å². The Hall–Kier alpha value is -4.50. The molecule has 2 aromatic carbocycles. The fraction of sp³-hybridized carbons (Fsp3) is 0.179. The van der Waals surface area contributed by atoms with Crippen LogP contribution in [-0.4, -0.2) is 62.0 Å². The summed E-state index contributed by atoms with van der Waals surface area (Å²) >= 11 is 0. The zero-order valence-corrected chi connectivity index (χ0v) is 20.9. The average Bonchev–Trinajstić information content (AvgIpc) is 3.60. The topological polar surface area (TPSA) is 90.4 Å². The summed E-state index contributed by atoms with van der Waals surface area (Å²) in [4.78, 5) is 10.1. The highest BCUT2D eigenvalue weighted by Crippen LogP contribution is 2.35. The van der Waals surface area contributed by atoms with Gasteiger partial charge in [-0.2, -0.15) is 10.2 Å². The first-order chi connectivity index (χ1) is 17.9. The summed E-state index contributed by atoms with van der Waals surface area (Å²) in [6.07, 6.45) is 5.59. The number of halogens is 1. The molecule has 6 rings (SSSR count). The molecule has 4 aromatic heterocycles. The molecule has 8 nitrogen and oxygen atoms in total. The molecule has 6 aromatic rings. The van der Waals surface area contributed by atoms with E-state index in [0.29, 0.717) is 5.65 Å². The van der Waals surface area contributed by atoms with E-state index in [4.69, 9.17) is 0 Å². The number of benzene rings is 2. The molecule has 0 saturated carbocycles. The van der Waals surface area contributed by atoms with Gasteiger partial charge in [0.2, 0.25) is 0 Å². The number of rotatable bonds is 7. The molecule has 0 bridgehead atoms. The first-order valence-corrected chi connectivity index (χ1v) is 12.1. The highest BCUT2D eigenvalue weighted by atomic mass is 19.1. The van der Waals surface area contributed by atoms with E-state index in [1.807, 2.05) is 57.8 Å². The summed E-state index contributed by atoms with van der Waals surface area (Å²) in [5.41, 5.74) is 7.82. The molecule has 37 heavy (non-hydrogen) atoms.